The lowest BCUT2D eigenvalue weighted by molar-refractivity contribution is 0.178. The molecule has 0 spiro atoms. The van der Waals surface area contributed by atoms with Gasteiger partial charge in [-0.25, -0.2) is 9.97 Å². The van der Waals surface area contributed by atoms with E-state index in [4.69, 9.17) is 4.74 Å². The van der Waals surface area contributed by atoms with Crippen molar-refractivity contribution < 1.29 is 4.74 Å². The van der Waals surface area contributed by atoms with Gasteiger partial charge in [0.1, 0.15) is 18.2 Å². The maximum absolute atomic E-state index is 5.09. The second-order valence-corrected chi connectivity index (χ2v) is 5.73. The predicted octanol–water partition coefficient (Wildman–Crippen LogP) is 2.76. The van der Waals surface area contributed by atoms with Gasteiger partial charge < -0.3 is 15.4 Å². The lowest BCUT2D eigenvalue weighted by Crippen LogP contribution is -2.29. The van der Waals surface area contributed by atoms with E-state index in [2.05, 4.69) is 48.3 Å². The lowest BCUT2D eigenvalue weighted by atomic mass is 9.81. The molecule has 19 heavy (non-hydrogen) atoms. The number of methoxy groups -OCH3 is 1. The largest absolute Gasteiger partial charge is 0.377 e. The molecule has 1 aromatic heterocycles. The predicted molar refractivity (Wildman–Crippen MR) is 79.4 cm³/mol. The molecule has 0 amide bonds. The third-order valence-corrected chi connectivity index (χ3v) is 3.59. The molecule has 0 bridgehead atoms. The van der Waals surface area contributed by atoms with Gasteiger partial charge in [-0.2, -0.15) is 0 Å². The van der Waals surface area contributed by atoms with Crippen LogP contribution in [0.2, 0.25) is 0 Å². The van der Waals surface area contributed by atoms with Gasteiger partial charge in [0.2, 0.25) is 0 Å². The van der Waals surface area contributed by atoms with E-state index >= 15 is 0 Å². The highest BCUT2D eigenvalue weighted by molar-refractivity contribution is 5.47. The van der Waals surface area contributed by atoms with Gasteiger partial charge in [-0.1, -0.05) is 27.7 Å². The number of hydrogen-bond donors (Lipinski definition) is 2. The van der Waals surface area contributed by atoms with Crippen molar-refractivity contribution in [2.45, 2.75) is 34.3 Å². The monoisotopic (exact) mass is 266 g/mol. The fourth-order valence-corrected chi connectivity index (χ4v) is 1.43. The van der Waals surface area contributed by atoms with Crippen molar-refractivity contribution in [2.24, 2.45) is 11.3 Å². The quantitative estimate of drug-likeness (QED) is 0.794. The minimum Gasteiger partial charge on any atom is -0.377 e. The molecule has 0 aliphatic carbocycles. The molecular formula is C14H26N4O. The van der Waals surface area contributed by atoms with Crippen molar-refractivity contribution in [3.63, 3.8) is 0 Å². The van der Waals surface area contributed by atoms with Crippen LogP contribution in [-0.2, 0) is 11.3 Å². The summed E-state index contributed by atoms with van der Waals surface area (Å²) in [5.74, 6) is 2.91. The van der Waals surface area contributed by atoms with E-state index in [1.54, 1.807) is 7.11 Å². The average Bonchev–Trinajstić information content (AvgIpc) is 2.36. The zero-order valence-electron chi connectivity index (χ0n) is 12.9. The van der Waals surface area contributed by atoms with Crippen LogP contribution in [0.1, 0.15) is 33.5 Å². The number of nitrogens with one attached hydrogen (secondary N) is 2. The van der Waals surface area contributed by atoms with Crippen LogP contribution in [-0.4, -0.2) is 30.7 Å². The Morgan fingerprint density at radius 1 is 1.26 bits per heavy atom. The van der Waals surface area contributed by atoms with E-state index in [-0.39, 0.29) is 5.41 Å². The molecule has 5 heteroatoms. The van der Waals surface area contributed by atoms with Crippen molar-refractivity contribution in [2.75, 3.05) is 31.3 Å². The first kappa shape index (κ1) is 15.7. The highest BCUT2D eigenvalue weighted by atomic mass is 16.5. The molecule has 0 unspecified atom stereocenters. The highest BCUT2D eigenvalue weighted by Crippen LogP contribution is 2.26. The van der Waals surface area contributed by atoms with Crippen LogP contribution in [0.15, 0.2) is 6.07 Å². The standard InChI is InChI=1S/C14H26N4O/c1-10(2)14(3,4)9-16-12-7-11(15-5)17-13(18-12)8-19-6/h7,10H,8-9H2,1-6H3,(H2,15,16,17,18). The fraction of sp³-hybridized carbons (Fsp3) is 0.714. The zero-order chi connectivity index (χ0) is 14.5. The molecule has 0 radical (unpaired) electrons. The van der Waals surface area contributed by atoms with E-state index in [0.717, 1.165) is 18.2 Å². The maximum Gasteiger partial charge on any atom is 0.158 e. The van der Waals surface area contributed by atoms with Crippen LogP contribution in [0.3, 0.4) is 0 Å². The summed E-state index contributed by atoms with van der Waals surface area (Å²) in [6, 6.07) is 1.91. The first-order chi connectivity index (χ1) is 8.89. The van der Waals surface area contributed by atoms with Crippen LogP contribution in [0.4, 0.5) is 11.6 Å². The van der Waals surface area contributed by atoms with Crippen molar-refractivity contribution >= 4 is 11.6 Å². The Morgan fingerprint density at radius 2 is 1.89 bits per heavy atom. The van der Waals surface area contributed by atoms with Crippen molar-refractivity contribution in [1.82, 2.24) is 9.97 Å². The number of hydrogen-bond acceptors (Lipinski definition) is 5. The zero-order valence-corrected chi connectivity index (χ0v) is 12.9. The van der Waals surface area contributed by atoms with Gasteiger partial charge in [0.05, 0.1) is 0 Å². The molecule has 1 heterocycles. The minimum absolute atomic E-state index is 0.214. The van der Waals surface area contributed by atoms with Crippen LogP contribution in [0, 0.1) is 11.3 Å². The van der Waals surface area contributed by atoms with E-state index < -0.39 is 0 Å². The topological polar surface area (TPSA) is 59.1 Å². The number of rotatable bonds is 7. The first-order valence-electron chi connectivity index (χ1n) is 6.67. The molecule has 0 saturated carbocycles. The molecule has 2 N–H and O–H groups in total. The Bertz CT molecular complexity index is 404. The molecule has 0 aliphatic rings. The summed E-state index contributed by atoms with van der Waals surface area (Å²) in [5, 5.41) is 6.43. The van der Waals surface area contributed by atoms with Crippen LogP contribution >= 0.6 is 0 Å². The number of aromatic nitrogens is 2. The molecule has 0 saturated heterocycles. The molecular weight excluding hydrogens is 240 g/mol. The summed E-state index contributed by atoms with van der Waals surface area (Å²) < 4.78 is 5.09. The molecule has 0 fully saturated rings. The van der Waals surface area contributed by atoms with E-state index in [9.17, 15) is 0 Å². The van der Waals surface area contributed by atoms with Gasteiger partial charge in [0.25, 0.3) is 0 Å². The normalized spacial score (nSPS) is 11.7. The number of anilines is 2. The van der Waals surface area contributed by atoms with E-state index in [0.29, 0.717) is 18.3 Å². The molecule has 0 aliphatic heterocycles. The van der Waals surface area contributed by atoms with Gasteiger partial charge in [-0.05, 0) is 11.3 Å². The smallest absolute Gasteiger partial charge is 0.158 e. The van der Waals surface area contributed by atoms with Gasteiger partial charge in [-0.3, -0.25) is 0 Å². The summed E-state index contributed by atoms with van der Waals surface area (Å²) in [7, 11) is 3.49. The third kappa shape index (κ3) is 4.67. The minimum atomic E-state index is 0.214. The Labute approximate surface area is 116 Å². The molecule has 108 valence electrons. The van der Waals surface area contributed by atoms with Gasteiger partial charge >= 0.3 is 0 Å². The Hall–Kier alpha value is -1.36. The number of ether oxygens (including phenoxy) is 1. The summed E-state index contributed by atoms with van der Waals surface area (Å²) in [6.07, 6.45) is 0. The van der Waals surface area contributed by atoms with Gasteiger partial charge in [-0.15, -0.1) is 0 Å². The number of nitrogens with zero attached hydrogens (tertiary/aromatic N) is 2. The SMILES string of the molecule is CNc1cc(NCC(C)(C)C(C)C)nc(COC)n1. The first-order valence-corrected chi connectivity index (χ1v) is 6.67. The van der Waals surface area contributed by atoms with E-state index in [1.807, 2.05) is 13.1 Å². The Balaban J connectivity index is 2.80. The van der Waals surface area contributed by atoms with Gasteiger partial charge in [0.15, 0.2) is 5.82 Å². The van der Waals surface area contributed by atoms with Crippen LogP contribution in [0.5, 0.6) is 0 Å². The van der Waals surface area contributed by atoms with Crippen LogP contribution < -0.4 is 10.6 Å². The average molecular weight is 266 g/mol. The summed E-state index contributed by atoms with van der Waals surface area (Å²) in [6.45, 7) is 10.3. The molecule has 1 rings (SSSR count). The van der Waals surface area contributed by atoms with Gasteiger partial charge in [0, 0.05) is 26.8 Å². The van der Waals surface area contributed by atoms with Crippen LogP contribution in [0.25, 0.3) is 0 Å². The molecule has 0 atom stereocenters. The van der Waals surface area contributed by atoms with E-state index in [1.165, 1.54) is 0 Å². The molecule has 0 aromatic carbocycles. The van der Waals surface area contributed by atoms with Crippen molar-refractivity contribution in [3.8, 4) is 0 Å². The van der Waals surface area contributed by atoms with Crippen molar-refractivity contribution in [1.29, 1.82) is 0 Å². The lowest BCUT2D eigenvalue weighted by Gasteiger charge is -2.29. The Morgan fingerprint density at radius 3 is 2.42 bits per heavy atom. The second-order valence-electron chi connectivity index (χ2n) is 5.73. The van der Waals surface area contributed by atoms with Crippen molar-refractivity contribution in [3.05, 3.63) is 11.9 Å². The Kier molecular flexibility index (Phi) is 5.54. The highest BCUT2D eigenvalue weighted by Gasteiger charge is 2.22. The maximum atomic E-state index is 5.09. The third-order valence-electron chi connectivity index (χ3n) is 3.59. The second kappa shape index (κ2) is 6.70. The molecule has 1 aromatic rings. The summed E-state index contributed by atoms with van der Waals surface area (Å²) in [4.78, 5) is 8.78. The fourth-order valence-electron chi connectivity index (χ4n) is 1.43. The summed E-state index contributed by atoms with van der Waals surface area (Å²) >= 11 is 0. The molecule has 5 nitrogen and oxygen atoms in total. The summed E-state index contributed by atoms with van der Waals surface area (Å²) in [5.41, 5.74) is 0.214.